The first kappa shape index (κ1) is 17.6. The molecule has 0 aromatic rings. The van der Waals surface area contributed by atoms with E-state index in [1.165, 1.54) is 6.92 Å². The molecule has 0 aliphatic rings. The second-order valence-electron chi connectivity index (χ2n) is 3.39. The van der Waals surface area contributed by atoms with Gasteiger partial charge in [0.05, 0.1) is 13.0 Å². The lowest BCUT2D eigenvalue weighted by Gasteiger charge is -2.13. The van der Waals surface area contributed by atoms with E-state index >= 15 is 0 Å². The predicted molar refractivity (Wildman–Crippen MR) is 63.9 cm³/mol. The van der Waals surface area contributed by atoms with Gasteiger partial charge in [-0.2, -0.15) is 0 Å². The van der Waals surface area contributed by atoms with Crippen LogP contribution in [0.1, 0.15) is 39.5 Å². The van der Waals surface area contributed by atoms with Gasteiger partial charge in [-0.05, 0) is 6.42 Å². The third-order valence-corrected chi connectivity index (χ3v) is 1.97. The summed E-state index contributed by atoms with van der Waals surface area (Å²) in [6.07, 6.45) is 3.20. The van der Waals surface area contributed by atoms with E-state index in [1.54, 1.807) is 0 Å². The van der Waals surface area contributed by atoms with Crippen LogP contribution < -0.4 is 5.84 Å². The van der Waals surface area contributed by atoms with Crippen LogP contribution in [0.5, 0.6) is 0 Å². The van der Waals surface area contributed by atoms with Gasteiger partial charge in [0.2, 0.25) is 5.91 Å². The van der Waals surface area contributed by atoms with Crippen molar-refractivity contribution in [1.82, 2.24) is 5.01 Å². The molecular weight excluding hydrogens is 232 g/mol. The fourth-order valence-corrected chi connectivity index (χ4v) is 0.979. The Hall–Kier alpha value is -0.810. The van der Waals surface area contributed by atoms with Gasteiger partial charge < -0.3 is 4.74 Å². The minimum absolute atomic E-state index is 0. The Bertz CT molecular complexity index is 212. The van der Waals surface area contributed by atoms with Crippen molar-refractivity contribution in [1.29, 1.82) is 0 Å². The Morgan fingerprint density at radius 2 is 1.94 bits per heavy atom. The molecule has 0 saturated heterocycles. The first-order chi connectivity index (χ1) is 7.07. The van der Waals surface area contributed by atoms with E-state index in [2.05, 4.69) is 6.92 Å². The minimum Gasteiger partial charge on any atom is -0.466 e. The van der Waals surface area contributed by atoms with Gasteiger partial charge in [0, 0.05) is 13.5 Å². The third-order valence-electron chi connectivity index (χ3n) is 1.97. The summed E-state index contributed by atoms with van der Waals surface area (Å²) in [5, 5.41) is 1.01. The molecule has 5 nitrogen and oxygen atoms in total. The molecular formula is C10H21ClN2O3. The van der Waals surface area contributed by atoms with Gasteiger partial charge in [-0.15, -0.1) is 12.4 Å². The molecule has 96 valence electrons. The molecule has 0 aromatic carbocycles. The first-order valence-electron chi connectivity index (χ1n) is 5.26. The molecule has 0 saturated carbocycles. The predicted octanol–water partition coefficient (Wildman–Crippen LogP) is 1.25. The fourth-order valence-electron chi connectivity index (χ4n) is 0.979. The summed E-state index contributed by atoms with van der Waals surface area (Å²) in [6, 6.07) is 0. The molecule has 16 heavy (non-hydrogen) atoms. The highest BCUT2D eigenvalue weighted by Crippen LogP contribution is 1.96. The zero-order valence-electron chi connectivity index (χ0n) is 9.90. The number of ether oxygens (including phenoxy) is 1. The average molecular weight is 253 g/mol. The van der Waals surface area contributed by atoms with Crippen LogP contribution in [0.4, 0.5) is 0 Å². The van der Waals surface area contributed by atoms with E-state index < -0.39 is 0 Å². The third kappa shape index (κ3) is 9.73. The molecule has 0 fully saturated rings. The molecule has 0 radical (unpaired) electrons. The molecule has 0 bridgehead atoms. The SMILES string of the molecule is CCCCCOC(=O)CCN(N)C(C)=O.Cl. The number of hydrogen-bond donors (Lipinski definition) is 1. The van der Waals surface area contributed by atoms with E-state index in [9.17, 15) is 9.59 Å². The number of halogens is 1. The van der Waals surface area contributed by atoms with Crippen LogP contribution in [0.3, 0.4) is 0 Å². The summed E-state index contributed by atoms with van der Waals surface area (Å²) in [4.78, 5) is 21.8. The first-order valence-corrected chi connectivity index (χ1v) is 5.26. The summed E-state index contributed by atoms with van der Waals surface area (Å²) in [6.45, 7) is 4.10. The highest BCUT2D eigenvalue weighted by Gasteiger charge is 2.07. The molecule has 0 rings (SSSR count). The number of esters is 1. The molecule has 2 N–H and O–H groups in total. The lowest BCUT2D eigenvalue weighted by atomic mass is 10.3. The van der Waals surface area contributed by atoms with Gasteiger partial charge in [0.15, 0.2) is 0 Å². The zero-order valence-corrected chi connectivity index (χ0v) is 10.7. The molecule has 0 spiro atoms. The number of hydrogen-bond acceptors (Lipinski definition) is 4. The van der Waals surface area contributed by atoms with Gasteiger partial charge in [-0.3, -0.25) is 14.6 Å². The smallest absolute Gasteiger partial charge is 0.307 e. The molecule has 0 heterocycles. The van der Waals surface area contributed by atoms with Gasteiger partial charge in [0.25, 0.3) is 0 Å². The number of carbonyl (C=O) groups excluding carboxylic acids is 2. The monoisotopic (exact) mass is 252 g/mol. The maximum atomic E-state index is 11.1. The van der Waals surface area contributed by atoms with E-state index in [1.807, 2.05) is 0 Å². The minimum atomic E-state index is -0.303. The molecule has 1 amide bonds. The van der Waals surface area contributed by atoms with Crippen LogP contribution in [0.2, 0.25) is 0 Å². The van der Waals surface area contributed by atoms with Crippen LogP contribution in [0.25, 0.3) is 0 Å². The quantitative estimate of drug-likeness (QED) is 0.243. The number of amides is 1. The van der Waals surface area contributed by atoms with E-state index in [-0.39, 0.29) is 37.2 Å². The fraction of sp³-hybridized carbons (Fsp3) is 0.800. The van der Waals surface area contributed by atoms with Crippen molar-refractivity contribution in [2.45, 2.75) is 39.5 Å². The van der Waals surface area contributed by atoms with Crippen LogP contribution in [0.15, 0.2) is 0 Å². The van der Waals surface area contributed by atoms with Crippen molar-refractivity contribution in [3.8, 4) is 0 Å². The van der Waals surface area contributed by atoms with E-state index in [4.69, 9.17) is 10.6 Å². The average Bonchev–Trinajstić information content (AvgIpc) is 2.20. The van der Waals surface area contributed by atoms with Crippen molar-refractivity contribution in [2.24, 2.45) is 5.84 Å². The lowest BCUT2D eigenvalue weighted by molar-refractivity contribution is -0.144. The topological polar surface area (TPSA) is 72.6 Å². The van der Waals surface area contributed by atoms with Crippen molar-refractivity contribution in [3.63, 3.8) is 0 Å². The van der Waals surface area contributed by atoms with Gasteiger partial charge in [0.1, 0.15) is 0 Å². The van der Waals surface area contributed by atoms with Crippen molar-refractivity contribution in [2.75, 3.05) is 13.2 Å². The van der Waals surface area contributed by atoms with Crippen molar-refractivity contribution < 1.29 is 14.3 Å². The van der Waals surface area contributed by atoms with Gasteiger partial charge >= 0.3 is 5.97 Å². The number of carbonyl (C=O) groups is 2. The molecule has 6 heteroatoms. The maximum absolute atomic E-state index is 11.1. The molecule has 0 aliphatic heterocycles. The molecule has 0 aliphatic carbocycles. The Kier molecular flexibility index (Phi) is 11.8. The lowest BCUT2D eigenvalue weighted by Crippen LogP contribution is -2.37. The number of rotatable bonds is 7. The highest BCUT2D eigenvalue weighted by atomic mass is 35.5. The Morgan fingerprint density at radius 1 is 1.31 bits per heavy atom. The number of nitrogens with two attached hydrogens (primary N) is 1. The number of unbranched alkanes of at least 4 members (excludes halogenated alkanes) is 2. The molecule has 0 unspecified atom stereocenters. The van der Waals surface area contributed by atoms with Crippen LogP contribution in [-0.2, 0) is 14.3 Å². The second-order valence-corrected chi connectivity index (χ2v) is 3.39. The zero-order chi connectivity index (χ0) is 11.7. The van der Waals surface area contributed by atoms with Crippen LogP contribution in [-0.4, -0.2) is 30.0 Å². The summed E-state index contributed by atoms with van der Waals surface area (Å²) in [5.74, 6) is 4.76. The van der Waals surface area contributed by atoms with Crippen molar-refractivity contribution in [3.05, 3.63) is 0 Å². The molecule has 0 aromatic heterocycles. The van der Waals surface area contributed by atoms with Crippen molar-refractivity contribution >= 4 is 24.3 Å². The van der Waals surface area contributed by atoms with Crippen LogP contribution >= 0.6 is 12.4 Å². The van der Waals surface area contributed by atoms with Gasteiger partial charge in [-0.1, -0.05) is 19.8 Å². The van der Waals surface area contributed by atoms with Gasteiger partial charge in [-0.25, -0.2) is 5.84 Å². The maximum Gasteiger partial charge on any atom is 0.307 e. The largest absolute Gasteiger partial charge is 0.466 e. The highest BCUT2D eigenvalue weighted by molar-refractivity contribution is 5.85. The second kappa shape index (κ2) is 10.7. The standard InChI is InChI=1S/C10H20N2O3.ClH/c1-3-4-5-8-15-10(14)6-7-12(11)9(2)13;/h3-8,11H2,1-2H3;1H. The number of nitrogens with zero attached hydrogens (tertiary/aromatic N) is 1. The van der Waals surface area contributed by atoms with E-state index in [0.717, 1.165) is 24.3 Å². The summed E-state index contributed by atoms with van der Waals surface area (Å²) >= 11 is 0. The Labute approximate surface area is 103 Å². The summed E-state index contributed by atoms with van der Waals surface area (Å²) < 4.78 is 4.94. The van der Waals surface area contributed by atoms with Crippen LogP contribution in [0, 0.1) is 0 Å². The number of hydrazine groups is 1. The van der Waals surface area contributed by atoms with E-state index in [0.29, 0.717) is 6.61 Å². The Balaban J connectivity index is 0. The molecule has 0 atom stereocenters. The summed E-state index contributed by atoms with van der Waals surface area (Å²) in [7, 11) is 0. The summed E-state index contributed by atoms with van der Waals surface area (Å²) in [5.41, 5.74) is 0. The Morgan fingerprint density at radius 3 is 2.44 bits per heavy atom. The normalized spacial score (nSPS) is 9.19.